The summed E-state index contributed by atoms with van der Waals surface area (Å²) in [5.74, 6) is -2.55. The van der Waals surface area contributed by atoms with Gasteiger partial charge >= 0.3 is 23.9 Å². The van der Waals surface area contributed by atoms with Gasteiger partial charge in [0.1, 0.15) is 12.7 Å². The van der Waals surface area contributed by atoms with Gasteiger partial charge in [0, 0.05) is 12.3 Å². The molecular formula is C31H47NO10. The molecule has 2 rings (SSSR count). The summed E-state index contributed by atoms with van der Waals surface area (Å²) in [6, 6.07) is 4.41. The van der Waals surface area contributed by atoms with Gasteiger partial charge in [-0.3, -0.25) is 28.5 Å². The van der Waals surface area contributed by atoms with Crippen LogP contribution in [0.3, 0.4) is 0 Å². The molecule has 0 unspecified atom stereocenters. The van der Waals surface area contributed by atoms with Gasteiger partial charge in [0.15, 0.2) is 24.5 Å². The summed E-state index contributed by atoms with van der Waals surface area (Å²) < 4.78 is 30.9. The molecule has 0 saturated carbocycles. The van der Waals surface area contributed by atoms with Gasteiger partial charge in [-0.15, -0.1) is 0 Å². The van der Waals surface area contributed by atoms with Gasteiger partial charge in [-0.25, -0.2) is 0 Å². The van der Waals surface area contributed by atoms with Crippen molar-refractivity contribution in [1.82, 2.24) is 4.57 Å². The third kappa shape index (κ3) is 8.89. The van der Waals surface area contributed by atoms with Gasteiger partial charge in [0.25, 0.3) is 5.56 Å². The maximum atomic E-state index is 13.3. The fourth-order valence-electron chi connectivity index (χ4n) is 3.58. The zero-order valence-electron chi connectivity index (χ0n) is 26.9. The second-order valence-corrected chi connectivity index (χ2v) is 14.7. The Hall–Kier alpha value is -3.21. The van der Waals surface area contributed by atoms with Crippen molar-refractivity contribution < 1.29 is 42.9 Å². The predicted molar refractivity (Wildman–Crippen MR) is 153 cm³/mol. The summed E-state index contributed by atoms with van der Waals surface area (Å²) in [5, 5.41) is 0. The minimum absolute atomic E-state index is 0.403. The average Bonchev–Trinajstić information content (AvgIpc) is 2.82. The number of hydrogen-bond acceptors (Lipinski definition) is 10. The normalized spacial score (nSPS) is 23.5. The van der Waals surface area contributed by atoms with E-state index in [2.05, 4.69) is 0 Å². The van der Waals surface area contributed by atoms with E-state index < -0.39 is 88.3 Å². The first-order chi connectivity index (χ1) is 18.9. The molecule has 1 aromatic rings. The molecule has 1 saturated heterocycles. The van der Waals surface area contributed by atoms with Crippen LogP contribution in [-0.4, -0.2) is 59.5 Å². The Morgan fingerprint density at radius 1 is 0.667 bits per heavy atom. The molecule has 0 bridgehead atoms. The van der Waals surface area contributed by atoms with Crippen LogP contribution in [-0.2, 0) is 42.9 Å². The number of rotatable bonds is 6. The third-order valence-electron chi connectivity index (χ3n) is 6.29. The molecule has 0 aliphatic carbocycles. The Balaban J connectivity index is 2.78. The maximum absolute atomic E-state index is 13.3. The van der Waals surface area contributed by atoms with Crippen molar-refractivity contribution in [1.29, 1.82) is 0 Å². The van der Waals surface area contributed by atoms with Gasteiger partial charge in [0.2, 0.25) is 0 Å². The average molecular weight is 594 g/mol. The second-order valence-electron chi connectivity index (χ2n) is 14.7. The van der Waals surface area contributed by atoms with Crippen LogP contribution in [0.4, 0.5) is 0 Å². The monoisotopic (exact) mass is 593 g/mol. The number of nitrogens with zero attached hydrogens (tertiary/aromatic N) is 1. The lowest BCUT2D eigenvalue weighted by atomic mass is 9.92. The molecular weight excluding hydrogens is 546 g/mol. The molecule has 0 amide bonds. The summed E-state index contributed by atoms with van der Waals surface area (Å²) in [4.78, 5) is 65.5. The largest absolute Gasteiger partial charge is 0.462 e. The van der Waals surface area contributed by atoms with Crippen LogP contribution in [0.1, 0.15) is 89.3 Å². The summed E-state index contributed by atoms with van der Waals surface area (Å²) in [7, 11) is 0. The van der Waals surface area contributed by atoms with Crippen molar-refractivity contribution in [2.45, 2.75) is 114 Å². The first-order valence-corrected chi connectivity index (χ1v) is 14.1. The van der Waals surface area contributed by atoms with Crippen LogP contribution < -0.4 is 5.56 Å². The van der Waals surface area contributed by atoms with Crippen LogP contribution >= 0.6 is 0 Å². The molecule has 236 valence electrons. The van der Waals surface area contributed by atoms with E-state index in [1.807, 2.05) is 0 Å². The van der Waals surface area contributed by atoms with Gasteiger partial charge in [-0.2, -0.15) is 0 Å². The van der Waals surface area contributed by atoms with Gasteiger partial charge in [-0.1, -0.05) is 6.07 Å². The molecule has 0 spiro atoms. The Labute approximate surface area is 248 Å². The van der Waals surface area contributed by atoms with Crippen molar-refractivity contribution in [2.75, 3.05) is 6.61 Å². The number of esters is 4. The smallest absolute Gasteiger partial charge is 0.311 e. The summed E-state index contributed by atoms with van der Waals surface area (Å²) in [5.41, 5.74) is -4.30. The fraction of sp³-hybridized carbons (Fsp3) is 0.710. The maximum Gasteiger partial charge on any atom is 0.311 e. The lowest BCUT2D eigenvalue weighted by Gasteiger charge is -2.46. The van der Waals surface area contributed by atoms with E-state index >= 15 is 0 Å². The van der Waals surface area contributed by atoms with Crippen LogP contribution in [0.15, 0.2) is 29.2 Å². The molecule has 5 atom stereocenters. The number of ether oxygens (including phenoxy) is 5. The van der Waals surface area contributed by atoms with E-state index in [1.165, 1.54) is 22.9 Å². The van der Waals surface area contributed by atoms with Crippen LogP contribution in [0.25, 0.3) is 0 Å². The summed E-state index contributed by atoms with van der Waals surface area (Å²) in [6.45, 7) is 19.4. The predicted octanol–water partition coefficient (Wildman–Crippen LogP) is 4.21. The molecule has 0 radical (unpaired) electrons. The molecule has 42 heavy (non-hydrogen) atoms. The van der Waals surface area contributed by atoms with Crippen molar-refractivity contribution in [3.8, 4) is 0 Å². The van der Waals surface area contributed by atoms with Crippen molar-refractivity contribution >= 4 is 23.9 Å². The third-order valence-corrected chi connectivity index (χ3v) is 6.29. The van der Waals surface area contributed by atoms with E-state index in [1.54, 1.807) is 89.2 Å². The van der Waals surface area contributed by atoms with Gasteiger partial charge < -0.3 is 23.7 Å². The highest BCUT2D eigenvalue weighted by molar-refractivity contribution is 5.78. The van der Waals surface area contributed by atoms with E-state index in [-0.39, 0.29) is 0 Å². The summed E-state index contributed by atoms with van der Waals surface area (Å²) in [6.07, 6.45) is -5.32. The minimum atomic E-state index is -1.43. The second kappa shape index (κ2) is 12.6. The van der Waals surface area contributed by atoms with E-state index in [4.69, 9.17) is 23.7 Å². The molecule has 1 fully saturated rings. The number of pyridine rings is 1. The zero-order valence-corrected chi connectivity index (χ0v) is 26.9. The highest BCUT2D eigenvalue weighted by atomic mass is 16.7. The molecule has 1 aliphatic heterocycles. The van der Waals surface area contributed by atoms with E-state index in [0.29, 0.717) is 0 Å². The number of aromatic nitrogens is 1. The van der Waals surface area contributed by atoms with E-state index in [0.717, 1.165) is 0 Å². The van der Waals surface area contributed by atoms with Crippen LogP contribution in [0.2, 0.25) is 0 Å². The molecule has 2 heterocycles. The molecule has 11 heteroatoms. The van der Waals surface area contributed by atoms with Crippen molar-refractivity contribution in [2.24, 2.45) is 21.7 Å². The molecule has 11 nitrogen and oxygen atoms in total. The van der Waals surface area contributed by atoms with Gasteiger partial charge in [0.05, 0.1) is 21.7 Å². The Morgan fingerprint density at radius 2 is 1.10 bits per heavy atom. The highest BCUT2D eigenvalue weighted by Crippen LogP contribution is 2.37. The quantitative estimate of drug-likeness (QED) is 0.348. The topological polar surface area (TPSA) is 136 Å². The first kappa shape index (κ1) is 35.0. The lowest BCUT2D eigenvalue weighted by Crippen LogP contribution is -2.62. The zero-order chi connectivity index (χ0) is 32.4. The minimum Gasteiger partial charge on any atom is -0.462 e. The van der Waals surface area contributed by atoms with Crippen LogP contribution in [0.5, 0.6) is 0 Å². The SMILES string of the molecule is CC(C)(C)C(=O)OC[C@H]1O[C@@H](n2ccccc2=O)[C@H](OC(=O)C(C)(C)C)[C@@H](OC(=O)C(C)(C)C)[C@H]1OC(=O)C(C)(C)C. The fourth-order valence-corrected chi connectivity index (χ4v) is 3.58. The molecule has 1 aromatic heterocycles. The first-order valence-electron chi connectivity index (χ1n) is 14.1. The Bertz CT molecular complexity index is 1210. The Kier molecular flexibility index (Phi) is 10.5. The molecule has 0 aromatic carbocycles. The van der Waals surface area contributed by atoms with Gasteiger partial charge in [-0.05, 0) is 89.2 Å². The highest BCUT2D eigenvalue weighted by Gasteiger charge is 2.55. The lowest BCUT2D eigenvalue weighted by molar-refractivity contribution is -0.275. The van der Waals surface area contributed by atoms with Crippen molar-refractivity contribution in [3.05, 3.63) is 34.7 Å². The summed E-state index contributed by atoms with van der Waals surface area (Å²) >= 11 is 0. The number of hydrogen-bond donors (Lipinski definition) is 0. The van der Waals surface area contributed by atoms with Crippen LogP contribution in [0, 0.1) is 21.7 Å². The van der Waals surface area contributed by atoms with E-state index in [9.17, 15) is 24.0 Å². The number of carbonyl (C=O) groups excluding carboxylic acids is 4. The molecule has 1 aliphatic rings. The Morgan fingerprint density at radius 3 is 1.52 bits per heavy atom. The standard InChI is InChI=1S/C31H47NO10/c1-28(2,3)24(34)38-17-18-20(40-25(35)29(4,5)6)21(41-26(36)30(7,8)9)22(42-27(37)31(10,11)12)23(39-18)32-16-14-13-15-19(32)33/h13-16,18,20-23H,17H2,1-12H3/t18-,20+,21+,22-,23-/m1/s1. The molecule has 0 N–H and O–H groups in total. The van der Waals surface area contributed by atoms with Crippen molar-refractivity contribution in [3.63, 3.8) is 0 Å². The number of carbonyl (C=O) groups is 4.